The summed E-state index contributed by atoms with van der Waals surface area (Å²) in [5.74, 6) is -4.61. The largest absolute Gasteiger partial charge is 0.329 e. The van der Waals surface area contributed by atoms with E-state index in [4.69, 9.17) is 0 Å². The molecule has 0 spiro atoms. The zero-order valence-corrected chi connectivity index (χ0v) is 7.76. The molecule has 1 aliphatic heterocycles. The fraction of sp³-hybridized carbons (Fsp3) is 0.111. The molecule has 4 nitrogen and oxygen atoms in total. The Kier molecular flexibility index (Phi) is 2.30. The van der Waals surface area contributed by atoms with Crippen molar-refractivity contribution in [1.29, 1.82) is 0 Å². The van der Waals surface area contributed by atoms with Gasteiger partial charge in [0.25, 0.3) is 5.91 Å². The van der Waals surface area contributed by atoms with Gasteiger partial charge in [-0.05, 0) is 0 Å². The fourth-order valence-electron chi connectivity index (χ4n) is 1.35. The van der Waals surface area contributed by atoms with E-state index in [0.29, 0.717) is 11.0 Å². The number of hydrogen-bond donors (Lipinski definition) is 1. The van der Waals surface area contributed by atoms with E-state index >= 15 is 0 Å². The highest BCUT2D eigenvalue weighted by Crippen LogP contribution is 2.24. The van der Waals surface area contributed by atoms with Crippen molar-refractivity contribution >= 4 is 17.6 Å². The van der Waals surface area contributed by atoms with Gasteiger partial charge >= 0.3 is 6.03 Å². The number of anilines is 1. The van der Waals surface area contributed by atoms with Gasteiger partial charge in [0.05, 0.1) is 12.2 Å². The summed E-state index contributed by atoms with van der Waals surface area (Å²) < 4.78 is 38.7. The molecule has 0 aromatic heterocycles. The van der Waals surface area contributed by atoms with E-state index in [2.05, 4.69) is 5.32 Å². The van der Waals surface area contributed by atoms with Crippen molar-refractivity contribution in [2.75, 3.05) is 11.4 Å². The van der Waals surface area contributed by atoms with E-state index in [-0.39, 0.29) is 12.6 Å². The van der Waals surface area contributed by atoms with Crippen molar-refractivity contribution in [3.05, 3.63) is 29.6 Å². The van der Waals surface area contributed by atoms with Gasteiger partial charge in [-0.25, -0.2) is 22.9 Å². The lowest BCUT2D eigenvalue weighted by molar-refractivity contribution is -0.115. The highest BCUT2D eigenvalue weighted by Gasteiger charge is 2.32. The van der Waals surface area contributed by atoms with Crippen molar-refractivity contribution in [2.24, 2.45) is 0 Å². The molecule has 0 atom stereocenters. The van der Waals surface area contributed by atoms with Crippen LogP contribution in [-0.2, 0) is 4.79 Å². The Balaban J connectivity index is 2.51. The predicted molar refractivity (Wildman–Crippen MR) is 47.2 cm³/mol. The SMILES string of the molecule is O=C1CNC(=O)N1c1cc(F)c(F)cc1F. The molecule has 1 heterocycles. The molecule has 7 heteroatoms. The summed E-state index contributed by atoms with van der Waals surface area (Å²) in [7, 11) is 0. The smallest absolute Gasteiger partial charge is 0.328 e. The van der Waals surface area contributed by atoms with Crippen LogP contribution in [0.5, 0.6) is 0 Å². The zero-order chi connectivity index (χ0) is 11.9. The van der Waals surface area contributed by atoms with Crippen LogP contribution in [0.1, 0.15) is 0 Å². The Hall–Kier alpha value is -2.05. The van der Waals surface area contributed by atoms with Gasteiger partial charge in [-0.1, -0.05) is 0 Å². The first-order chi connectivity index (χ1) is 7.50. The highest BCUT2D eigenvalue weighted by molar-refractivity contribution is 6.19. The van der Waals surface area contributed by atoms with Gasteiger partial charge in [0.2, 0.25) is 0 Å². The van der Waals surface area contributed by atoms with Gasteiger partial charge in [-0.2, -0.15) is 0 Å². The third kappa shape index (κ3) is 1.50. The van der Waals surface area contributed by atoms with Crippen LogP contribution in [0, 0.1) is 17.5 Å². The molecule has 0 bridgehead atoms. The van der Waals surface area contributed by atoms with Crippen molar-refractivity contribution in [3.63, 3.8) is 0 Å². The summed E-state index contributed by atoms with van der Waals surface area (Å²) in [6.45, 7) is -0.294. The second-order valence-corrected chi connectivity index (χ2v) is 3.11. The van der Waals surface area contributed by atoms with Gasteiger partial charge in [-0.15, -0.1) is 0 Å². The van der Waals surface area contributed by atoms with Crippen LogP contribution < -0.4 is 10.2 Å². The third-order valence-corrected chi connectivity index (χ3v) is 2.07. The molecule has 0 saturated carbocycles. The van der Waals surface area contributed by atoms with Gasteiger partial charge in [0.1, 0.15) is 0 Å². The Morgan fingerprint density at radius 1 is 1.06 bits per heavy atom. The number of hydrogen-bond acceptors (Lipinski definition) is 2. The molecule has 1 aliphatic rings. The molecule has 1 aromatic rings. The topological polar surface area (TPSA) is 49.4 Å². The zero-order valence-electron chi connectivity index (χ0n) is 7.76. The van der Waals surface area contributed by atoms with Gasteiger partial charge < -0.3 is 5.32 Å². The second kappa shape index (κ2) is 3.51. The van der Waals surface area contributed by atoms with Crippen molar-refractivity contribution in [3.8, 4) is 0 Å². The molecule has 1 fully saturated rings. The Bertz CT molecular complexity index is 474. The number of amides is 3. The van der Waals surface area contributed by atoms with Gasteiger partial charge in [0.15, 0.2) is 17.5 Å². The van der Waals surface area contributed by atoms with E-state index < -0.39 is 35.1 Å². The Morgan fingerprint density at radius 3 is 2.25 bits per heavy atom. The maximum atomic E-state index is 13.2. The molecular formula is C9H5F3N2O2. The number of nitrogens with zero attached hydrogens (tertiary/aromatic N) is 1. The summed E-state index contributed by atoms with van der Waals surface area (Å²) in [6, 6.07) is -0.119. The standard InChI is InChI=1S/C9H5F3N2O2/c10-4-1-6(12)7(2-5(4)11)14-8(15)3-13-9(14)16/h1-2H,3H2,(H,13,16). The minimum atomic E-state index is -1.38. The quantitative estimate of drug-likeness (QED) is 0.581. The van der Waals surface area contributed by atoms with Crippen molar-refractivity contribution in [2.45, 2.75) is 0 Å². The van der Waals surface area contributed by atoms with E-state index in [1.165, 1.54) is 0 Å². The molecule has 1 aromatic carbocycles. The van der Waals surface area contributed by atoms with E-state index in [9.17, 15) is 22.8 Å². The minimum absolute atomic E-state index is 0.281. The summed E-state index contributed by atoms with van der Waals surface area (Å²) in [5.41, 5.74) is -0.598. The normalized spacial score (nSPS) is 15.6. The van der Waals surface area contributed by atoms with Crippen LogP contribution in [0.3, 0.4) is 0 Å². The lowest BCUT2D eigenvalue weighted by atomic mass is 10.2. The van der Waals surface area contributed by atoms with Crippen LogP contribution in [0.4, 0.5) is 23.7 Å². The predicted octanol–water partition coefficient (Wildman–Crippen LogP) is 1.16. The molecule has 84 valence electrons. The molecule has 0 aliphatic carbocycles. The number of carbonyl (C=O) groups excluding carboxylic acids is 2. The van der Waals surface area contributed by atoms with Crippen LogP contribution in [0.25, 0.3) is 0 Å². The molecule has 1 saturated heterocycles. The molecule has 16 heavy (non-hydrogen) atoms. The van der Waals surface area contributed by atoms with Crippen LogP contribution in [0.15, 0.2) is 12.1 Å². The first-order valence-electron chi connectivity index (χ1n) is 4.26. The number of benzene rings is 1. The van der Waals surface area contributed by atoms with Gasteiger partial charge in [0, 0.05) is 12.1 Å². The molecule has 0 unspecified atom stereocenters. The molecule has 2 rings (SSSR count). The number of nitrogens with one attached hydrogen (secondary N) is 1. The maximum absolute atomic E-state index is 13.2. The summed E-state index contributed by atoms with van der Waals surface area (Å²) in [6.07, 6.45) is 0. The average molecular weight is 230 g/mol. The molecule has 0 radical (unpaired) electrons. The van der Waals surface area contributed by atoms with E-state index in [0.717, 1.165) is 0 Å². The monoisotopic (exact) mass is 230 g/mol. The van der Waals surface area contributed by atoms with Crippen LogP contribution >= 0.6 is 0 Å². The number of carbonyl (C=O) groups is 2. The summed E-state index contributed by atoms with van der Waals surface area (Å²) >= 11 is 0. The third-order valence-electron chi connectivity index (χ3n) is 2.07. The fourth-order valence-corrected chi connectivity index (χ4v) is 1.35. The minimum Gasteiger partial charge on any atom is -0.328 e. The van der Waals surface area contributed by atoms with Crippen LogP contribution in [-0.4, -0.2) is 18.5 Å². The van der Waals surface area contributed by atoms with Crippen molar-refractivity contribution in [1.82, 2.24) is 5.32 Å². The first kappa shape index (κ1) is 10.5. The first-order valence-corrected chi connectivity index (χ1v) is 4.26. The van der Waals surface area contributed by atoms with Gasteiger partial charge in [-0.3, -0.25) is 4.79 Å². The molecular weight excluding hydrogens is 225 g/mol. The number of imide groups is 1. The lowest BCUT2D eigenvalue weighted by Gasteiger charge is -2.13. The molecule has 1 N–H and O–H groups in total. The number of urea groups is 1. The van der Waals surface area contributed by atoms with Crippen LogP contribution in [0.2, 0.25) is 0 Å². The number of halogens is 3. The number of rotatable bonds is 1. The second-order valence-electron chi connectivity index (χ2n) is 3.11. The Morgan fingerprint density at radius 2 is 1.69 bits per heavy atom. The highest BCUT2D eigenvalue weighted by atomic mass is 19.2. The molecule has 3 amide bonds. The maximum Gasteiger partial charge on any atom is 0.329 e. The summed E-state index contributed by atoms with van der Waals surface area (Å²) in [4.78, 5) is 22.8. The summed E-state index contributed by atoms with van der Waals surface area (Å²) in [5, 5.41) is 2.13. The van der Waals surface area contributed by atoms with Crippen molar-refractivity contribution < 1.29 is 22.8 Å². The average Bonchev–Trinajstić information content (AvgIpc) is 2.53. The van der Waals surface area contributed by atoms with E-state index in [1.807, 2.05) is 0 Å². The Labute approximate surface area is 87.6 Å². The van der Waals surface area contributed by atoms with E-state index in [1.54, 1.807) is 0 Å². The lowest BCUT2D eigenvalue weighted by Crippen LogP contribution is -2.31.